The minimum atomic E-state index is -0.171. The van der Waals surface area contributed by atoms with E-state index in [2.05, 4.69) is 16.9 Å². The standard InChI is InChI=1S/C18H30N4O3/c1-20(7-8-24-3)10-15-9-18(25-12-15)5-4-6-22(13-18)17(23)16-11-21(2)14-19-16/h11,14-15H,4-10,12-13H2,1-3H3/t15-,18+/m1/s1. The summed E-state index contributed by atoms with van der Waals surface area (Å²) in [6.45, 7) is 4.95. The summed E-state index contributed by atoms with van der Waals surface area (Å²) < 4.78 is 13.2. The molecule has 0 saturated carbocycles. The number of carbonyl (C=O) groups is 1. The Morgan fingerprint density at radius 3 is 3.12 bits per heavy atom. The minimum absolute atomic E-state index is 0.0175. The fraction of sp³-hybridized carbons (Fsp3) is 0.778. The first-order valence-electron chi connectivity index (χ1n) is 9.10. The van der Waals surface area contributed by atoms with Crippen molar-refractivity contribution in [2.24, 2.45) is 13.0 Å². The number of hydrogen-bond donors (Lipinski definition) is 0. The van der Waals surface area contributed by atoms with Crippen LogP contribution >= 0.6 is 0 Å². The summed E-state index contributed by atoms with van der Waals surface area (Å²) in [7, 11) is 5.74. The van der Waals surface area contributed by atoms with Crippen molar-refractivity contribution in [3.8, 4) is 0 Å². The van der Waals surface area contributed by atoms with E-state index in [1.54, 1.807) is 19.6 Å². The molecule has 2 atom stereocenters. The molecule has 0 unspecified atom stereocenters. The van der Waals surface area contributed by atoms with Crippen LogP contribution in [0.5, 0.6) is 0 Å². The Kier molecular flexibility index (Phi) is 5.76. The molecule has 25 heavy (non-hydrogen) atoms. The summed E-state index contributed by atoms with van der Waals surface area (Å²) in [5.74, 6) is 0.538. The zero-order chi connectivity index (χ0) is 17.9. The largest absolute Gasteiger partial charge is 0.383 e. The highest BCUT2D eigenvalue weighted by molar-refractivity contribution is 5.92. The summed E-state index contributed by atoms with van der Waals surface area (Å²) in [4.78, 5) is 21.1. The number of likely N-dealkylation sites (N-methyl/N-ethyl adjacent to an activating group) is 1. The second kappa shape index (κ2) is 7.85. The van der Waals surface area contributed by atoms with Gasteiger partial charge in [0.2, 0.25) is 0 Å². The molecule has 2 saturated heterocycles. The molecule has 0 radical (unpaired) electrons. The van der Waals surface area contributed by atoms with E-state index in [1.165, 1.54) is 0 Å². The summed E-state index contributed by atoms with van der Waals surface area (Å²) in [5, 5.41) is 0. The molecule has 7 nitrogen and oxygen atoms in total. The number of hydrogen-bond acceptors (Lipinski definition) is 5. The van der Waals surface area contributed by atoms with Crippen molar-refractivity contribution in [3.63, 3.8) is 0 Å². The maximum absolute atomic E-state index is 12.7. The fourth-order valence-electron chi connectivity index (χ4n) is 4.08. The first-order chi connectivity index (χ1) is 12.0. The van der Waals surface area contributed by atoms with Crippen molar-refractivity contribution in [2.75, 3.05) is 53.6 Å². The molecule has 0 aromatic carbocycles. The molecule has 2 aliphatic rings. The van der Waals surface area contributed by atoms with Crippen LogP contribution < -0.4 is 0 Å². The molecule has 3 rings (SSSR count). The van der Waals surface area contributed by atoms with Crippen LogP contribution in [0.2, 0.25) is 0 Å². The number of rotatable bonds is 6. The summed E-state index contributed by atoms with van der Waals surface area (Å²) in [6, 6.07) is 0. The number of piperidine rings is 1. The van der Waals surface area contributed by atoms with Gasteiger partial charge in [0.05, 0.1) is 31.7 Å². The van der Waals surface area contributed by atoms with E-state index in [0.717, 1.165) is 52.1 Å². The average Bonchev–Trinajstić information content (AvgIpc) is 3.19. The van der Waals surface area contributed by atoms with Crippen LogP contribution in [-0.2, 0) is 16.5 Å². The van der Waals surface area contributed by atoms with Gasteiger partial charge >= 0.3 is 0 Å². The number of aromatic nitrogens is 2. The Balaban J connectivity index is 1.56. The predicted octanol–water partition coefficient (Wildman–Crippen LogP) is 1.01. The molecule has 1 aromatic rings. The first kappa shape index (κ1) is 18.4. The van der Waals surface area contributed by atoms with E-state index < -0.39 is 0 Å². The van der Waals surface area contributed by atoms with Crippen LogP contribution in [0.3, 0.4) is 0 Å². The summed E-state index contributed by atoms with van der Waals surface area (Å²) in [5.41, 5.74) is 0.350. The normalized spacial score (nSPS) is 26.7. The molecule has 0 bridgehead atoms. The third kappa shape index (κ3) is 4.40. The number of nitrogens with zero attached hydrogens (tertiary/aromatic N) is 4. The number of aryl methyl sites for hydroxylation is 1. The van der Waals surface area contributed by atoms with E-state index in [1.807, 2.05) is 16.5 Å². The lowest BCUT2D eigenvalue weighted by Gasteiger charge is -2.39. The number of methoxy groups -OCH3 is 1. The van der Waals surface area contributed by atoms with Gasteiger partial charge in [-0.3, -0.25) is 4.79 Å². The van der Waals surface area contributed by atoms with Crippen molar-refractivity contribution in [2.45, 2.75) is 24.9 Å². The zero-order valence-electron chi connectivity index (χ0n) is 15.6. The van der Waals surface area contributed by atoms with Crippen LogP contribution in [0.25, 0.3) is 0 Å². The quantitative estimate of drug-likeness (QED) is 0.766. The Morgan fingerprint density at radius 1 is 1.56 bits per heavy atom. The summed E-state index contributed by atoms with van der Waals surface area (Å²) >= 11 is 0. The molecule has 2 fully saturated rings. The third-order valence-corrected chi connectivity index (χ3v) is 5.28. The Bertz CT molecular complexity index is 591. The molecular weight excluding hydrogens is 320 g/mol. The molecule has 2 aliphatic heterocycles. The smallest absolute Gasteiger partial charge is 0.274 e. The predicted molar refractivity (Wildman–Crippen MR) is 94.5 cm³/mol. The minimum Gasteiger partial charge on any atom is -0.383 e. The zero-order valence-corrected chi connectivity index (χ0v) is 15.6. The van der Waals surface area contributed by atoms with E-state index >= 15 is 0 Å². The number of ether oxygens (including phenoxy) is 2. The van der Waals surface area contributed by atoms with Gasteiger partial charge in [0, 0.05) is 40.0 Å². The lowest BCUT2D eigenvalue weighted by atomic mass is 9.86. The highest BCUT2D eigenvalue weighted by atomic mass is 16.5. The lowest BCUT2D eigenvalue weighted by Crippen LogP contribution is -2.50. The Morgan fingerprint density at radius 2 is 2.40 bits per heavy atom. The van der Waals surface area contributed by atoms with Crippen molar-refractivity contribution in [1.29, 1.82) is 0 Å². The van der Waals surface area contributed by atoms with Gasteiger partial charge in [-0.2, -0.15) is 0 Å². The molecule has 3 heterocycles. The molecule has 0 aliphatic carbocycles. The second-order valence-corrected chi connectivity index (χ2v) is 7.57. The van der Waals surface area contributed by atoms with Crippen LogP contribution in [-0.4, -0.2) is 84.4 Å². The van der Waals surface area contributed by atoms with Crippen molar-refractivity contribution in [1.82, 2.24) is 19.4 Å². The number of carbonyl (C=O) groups excluding carboxylic acids is 1. The van der Waals surface area contributed by atoms with Gasteiger partial charge in [0.1, 0.15) is 5.69 Å². The SMILES string of the molecule is COCCN(C)C[C@@H]1CO[C@@]2(CCCN(C(=O)c3cn(C)cn3)C2)C1. The molecular formula is C18H30N4O3. The lowest BCUT2D eigenvalue weighted by molar-refractivity contribution is -0.0451. The van der Waals surface area contributed by atoms with Crippen LogP contribution in [0.4, 0.5) is 0 Å². The van der Waals surface area contributed by atoms with Crippen molar-refractivity contribution >= 4 is 5.91 Å². The topological polar surface area (TPSA) is 59.8 Å². The molecule has 1 spiro atoms. The maximum Gasteiger partial charge on any atom is 0.274 e. The van der Waals surface area contributed by atoms with E-state index in [9.17, 15) is 4.79 Å². The van der Waals surface area contributed by atoms with Crippen molar-refractivity contribution in [3.05, 3.63) is 18.2 Å². The molecule has 140 valence electrons. The van der Waals surface area contributed by atoms with Gasteiger partial charge in [0.25, 0.3) is 5.91 Å². The second-order valence-electron chi connectivity index (χ2n) is 7.57. The summed E-state index contributed by atoms with van der Waals surface area (Å²) in [6.07, 6.45) is 6.51. The van der Waals surface area contributed by atoms with Crippen molar-refractivity contribution < 1.29 is 14.3 Å². The van der Waals surface area contributed by atoms with Crippen LogP contribution in [0.15, 0.2) is 12.5 Å². The molecule has 7 heteroatoms. The Hall–Kier alpha value is -1.44. The number of amides is 1. The Labute approximate surface area is 149 Å². The van der Waals surface area contributed by atoms with Gasteiger partial charge in [0.15, 0.2) is 0 Å². The monoisotopic (exact) mass is 350 g/mol. The number of likely N-dealkylation sites (tertiary alicyclic amines) is 1. The average molecular weight is 350 g/mol. The maximum atomic E-state index is 12.7. The molecule has 1 aromatic heterocycles. The van der Waals surface area contributed by atoms with Gasteiger partial charge in [-0.1, -0.05) is 0 Å². The van der Waals surface area contributed by atoms with E-state index in [0.29, 0.717) is 18.2 Å². The van der Waals surface area contributed by atoms with E-state index in [4.69, 9.17) is 9.47 Å². The van der Waals surface area contributed by atoms with E-state index in [-0.39, 0.29) is 11.5 Å². The third-order valence-electron chi connectivity index (χ3n) is 5.28. The van der Waals surface area contributed by atoms with Crippen LogP contribution in [0, 0.1) is 5.92 Å². The number of imidazole rings is 1. The molecule has 0 N–H and O–H groups in total. The fourth-order valence-corrected chi connectivity index (χ4v) is 4.08. The molecule has 1 amide bonds. The van der Waals surface area contributed by atoms with Gasteiger partial charge in [-0.25, -0.2) is 4.98 Å². The highest BCUT2D eigenvalue weighted by Crippen LogP contribution is 2.38. The highest BCUT2D eigenvalue weighted by Gasteiger charge is 2.44. The van der Waals surface area contributed by atoms with Gasteiger partial charge < -0.3 is 23.8 Å². The van der Waals surface area contributed by atoms with Crippen LogP contribution in [0.1, 0.15) is 29.8 Å². The van der Waals surface area contributed by atoms with Gasteiger partial charge in [-0.05, 0) is 32.2 Å². The first-order valence-corrected chi connectivity index (χ1v) is 9.10. The van der Waals surface area contributed by atoms with Gasteiger partial charge in [-0.15, -0.1) is 0 Å².